The molecule has 0 spiro atoms. The smallest absolute Gasteiger partial charge is 0.264 e. The zero-order chi connectivity index (χ0) is 13.6. The van der Waals surface area contributed by atoms with Gasteiger partial charge in [0.15, 0.2) is 0 Å². The molecule has 0 N–H and O–H groups in total. The quantitative estimate of drug-likeness (QED) is 0.691. The van der Waals surface area contributed by atoms with Gasteiger partial charge in [0.05, 0.1) is 19.1 Å². The highest BCUT2D eigenvalue weighted by atomic mass is 32.2. The van der Waals surface area contributed by atoms with E-state index in [1.54, 1.807) is 4.31 Å². The molecule has 0 aromatic heterocycles. The van der Waals surface area contributed by atoms with Crippen LogP contribution in [0.4, 0.5) is 0 Å². The lowest BCUT2D eigenvalue weighted by molar-refractivity contribution is 0.143. The van der Waals surface area contributed by atoms with Crippen LogP contribution in [0.15, 0.2) is 0 Å². The molecule has 2 heterocycles. The van der Waals surface area contributed by atoms with E-state index in [0.717, 1.165) is 19.1 Å². The molecule has 0 aromatic rings. The van der Waals surface area contributed by atoms with Crippen molar-refractivity contribution in [1.82, 2.24) is 4.31 Å². The molecule has 6 nitrogen and oxygen atoms in total. The zero-order valence-electron chi connectivity index (χ0n) is 10.6. The lowest BCUT2D eigenvalue weighted by atomic mass is 9.93. The van der Waals surface area contributed by atoms with E-state index in [-0.39, 0.29) is 24.6 Å². The third kappa shape index (κ3) is 3.23. The van der Waals surface area contributed by atoms with E-state index in [1.165, 1.54) is 6.26 Å². The topological polar surface area (TPSA) is 80.8 Å². The summed E-state index contributed by atoms with van der Waals surface area (Å²) < 4.78 is 51.7. The van der Waals surface area contributed by atoms with Crippen molar-refractivity contribution in [2.75, 3.05) is 19.1 Å². The maximum absolute atomic E-state index is 11.7. The fraction of sp³-hybridized carbons (Fsp3) is 1.00. The third-order valence-electron chi connectivity index (χ3n) is 3.66. The van der Waals surface area contributed by atoms with Gasteiger partial charge in [-0.3, -0.25) is 4.18 Å². The van der Waals surface area contributed by atoms with Crippen LogP contribution >= 0.6 is 0 Å². The second-order valence-electron chi connectivity index (χ2n) is 5.30. The molecule has 3 atom stereocenters. The van der Waals surface area contributed by atoms with Crippen LogP contribution in [0.2, 0.25) is 0 Å². The predicted octanol–water partition coefficient (Wildman–Crippen LogP) is 0.165. The molecule has 0 aromatic carbocycles. The first kappa shape index (κ1) is 14.2. The molecule has 18 heavy (non-hydrogen) atoms. The van der Waals surface area contributed by atoms with Gasteiger partial charge in [-0.15, -0.1) is 0 Å². The molecule has 2 bridgehead atoms. The first-order valence-corrected chi connectivity index (χ1v) is 9.66. The van der Waals surface area contributed by atoms with Crippen molar-refractivity contribution in [1.29, 1.82) is 0 Å². The molecule has 2 fully saturated rings. The minimum atomic E-state index is -3.41. The largest absolute Gasteiger partial charge is 0.270 e. The summed E-state index contributed by atoms with van der Waals surface area (Å²) in [6.07, 6.45) is 5.40. The van der Waals surface area contributed by atoms with Gasteiger partial charge in [0.2, 0.25) is 10.0 Å². The molecule has 8 heteroatoms. The average molecular weight is 297 g/mol. The van der Waals surface area contributed by atoms with E-state index in [4.69, 9.17) is 4.18 Å². The number of hydrogen-bond acceptors (Lipinski definition) is 5. The van der Waals surface area contributed by atoms with Gasteiger partial charge in [0.1, 0.15) is 0 Å². The van der Waals surface area contributed by atoms with Gasteiger partial charge in [-0.05, 0) is 31.6 Å². The molecule has 2 aliphatic rings. The fourth-order valence-electron chi connectivity index (χ4n) is 3.14. The number of fused-ring (bicyclic) bond motifs is 2. The number of rotatable bonds is 4. The summed E-state index contributed by atoms with van der Waals surface area (Å²) in [5.74, 6) is 0.134. The SMILES string of the molecule is CS(=O)(=O)OCC1C[C@H]2CC[C@@H](C1)N2S(C)(=O)=O. The fourth-order valence-corrected chi connectivity index (χ4v) is 5.05. The van der Waals surface area contributed by atoms with Gasteiger partial charge in [0, 0.05) is 12.1 Å². The molecule has 1 unspecified atom stereocenters. The van der Waals surface area contributed by atoms with E-state index in [1.807, 2.05) is 0 Å². The van der Waals surface area contributed by atoms with Gasteiger partial charge in [-0.2, -0.15) is 12.7 Å². The predicted molar refractivity (Wildman–Crippen MR) is 67.0 cm³/mol. The van der Waals surface area contributed by atoms with Crippen LogP contribution in [0.25, 0.3) is 0 Å². The zero-order valence-corrected chi connectivity index (χ0v) is 12.2. The Labute approximate surface area is 108 Å². The Morgan fingerprint density at radius 2 is 1.56 bits per heavy atom. The number of hydrogen-bond donors (Lipinski definition) is 0. The Balaban J connectivity index is 2.01. The summed E-state index contributed by atoms with van der Waals surface area (Å²) in [5.41, 5.74) is 0. The first-order chi connectivity index (χ1) is 8.17. The van der Waals surface area contributed by atoms with Gasteiger partial charge in [-0.1, -0.05) is 0 Å². The Kier molecular flexibility index (Phi) is 3.74. The molecule has 0 saturated carbocycles. The lowest BCUT2D eigenvalue weighted by Crippen LogP contribution is -2.46. The standard InChI is InChI=1S/C10H19NO5S2/c1-17(12,13)11-9-3-4-10(11)6-8(5-9)7-16-18(2,14)15/h8-10H,3-7H2,1-2H3/t8?,9-,10+. The highest BCUT2D eigenvalue weighted by molar-refractivity contribution is 7.88. The van der Waals surface area contributed by atoms with E-state index in [9.17, 15) is 16.8 Å². The summed E-state index contributed by atoms with van der Waals surface area (Å²) >= 11 is 0. The molecule has 106 valence electrons. The average Bonchev–Trinajstić information content (AvgIpc) is 2.47. The van der Waals surface area contributed by atoms with Crippen LogP contribution in [0.1, 0.15) is 25.7 Å². The van der Waals surface area contributed by atoms with Gasteiger partial charge < -0.3 is 0 Å². The van der Waals surface area contributed by atoms with Crippen LogP contribution in [0.5, 0.6) is 0 Å². The van der Waals surface area contributed by atoms with Gasteiger partial charge in [0.25, 0.3) is 10.1 Å². The Bertz CT molecular complexity index is 498. The van der Waals surface area contributed by atoms with Gasteiger partial charge in [-0.25, -0.2) is 8.42 Å². The van der Waals surface area contributed by atoms with Crippen molar-refractivity contribution in [3.05, 3.63) is 0 Å². The van der Waals surface area contributed by atoms with E-state index in [2.05, 4.69) is 0 Å². The second-order valence-corrected chi connectivity index (χ2v) is 8.84. The monoisotopic (exact) mass is 297 g/mol. The van der Waals surface area contributed by atoms with Crippen molar-refractivity contribution in [3.63, 3.8) is 0 Å². The van der Waals surface area contributed by atoms with E-state index in [0.29, 0.717) is 12.8 Å². The van der Waals surface area contributed by atoms with Crippen LogP contribution < -0.4 is 0 Å². The molecule has 0 radical (unpaired) electrons. The van der Waals surface area contributed by atoms with Crippen LogP contribution in [-0.2, 0) is 24.3 Å². The van der Waals surface area contributed by atoms with Crippen molar-refractivity contribution in [2.45, 2.75) is 37.8 Å². The highest BCUT2D eigenvalue weighted by Crippen LogP contribution is 2.40. The van der Waals surface area contributed by atoms with Crippen LogP contribution in [0.3, 0.4) is 0 Å². The summed E-state index contributed by atoms with van der Waals surface area (Å²) in [6.45, 7) is 0.170. The first-order valence-electron chi connectivity index (χ1n) is 6.00. The Hall–Kier alpha value is -0.180. The molecular weight excluding hydrogens is 278 g/mol. The summed E-state index contributed by atoms with van der Waals surface area (Å²) in [4.78, 5) is 0. The van der Waals surface area contributed by atoms with Crippen molar-refractivity contribution in [2.24, 2.45) is 5.92 Å². The van der Waals surface area contributed by atoms with Crippen LogP contribution in [-0.4, -0.2) is 52.3 Å². The maximum Gasteiger partial charge on any atom is 0.264 e. The number of nitrogens with zero attached hydrogens (tertiary/aromatic N) is 1. The third-order valence-corrected chi connectivity index (χ3v) is 5.59. The molecular formula is C10H19NO5S2. The van der Waals surface area contributed by atoms with Gasteiger partial charge >= 0.3 is 0 Å². The summed E-state index contributed by atoms with van der Waals surface area (Å²) in [7, 11) is -6.57. The minimum absolute atomic E-state index is 0.0203. The maximum atomic E-state index is 11.7. The second kappa shape index (κ2) is 4.73. The lowest BCUT2D eigenvalue weighted by Gasteiger charge is -2.36. The number of piperidine rings is 1. The molecule has 2 rings (SSSR count). The van der Waals surface area contributed by atoms with E-state index >= 15 is 0 Å². The van der Waals surface area contributed by atoms with E-state index < -0.39 is 20.1 Å². The van der Waals surface area contributed by atoms with Crippen molar-refractivity contribution in [3.8, 4) is 0 Å². The van der Waals surface area contributed by atoms with Crippen LogP contribution in [0, 0.1) is 5.92 Å². The normalized spacial score (nSPS) is 33.8. The molecule has 2 aliphatic heterocycles. The number of sulfonamides is 1. The van der Waals surface area contributed by atoms with Crippen molar-refractivity contribution < 1.29 is 21.0 Å². The van der Waals surface area contributed by atoms with Crippen molar-refractivity contribution >= 4 is 20.1 Å². The highest BCUT2D eigenvalue weighted by Gasteiger charge is 2.45. The molecule has 0 aliphatic carbocycles. The minimum Gasteiger partial charge on any atom is -0.270 e. The Morgan fingerprint density at radius 1 is 1.06 bits per heavy atom. The Morgan fingerprint density at radius 3 is 1.94 bits per heavy atom. The molecule has 0 amide bonds. The molecule has 2 saturated heterocycles. The summed E-state index contributed by atoms with van der Waals surface area (Å²) in [6, 6.07) is 0.0406. The summed E-state index contributed by atoms with van der Waals surface area (Å²) in [5, 5.41) is 0.